The van der Waals surface area contributed by atoms with Crippen molar-refractivity contribution in [3.8, 4) is 17.2 Å². The Hall–Kier alpha value is -2.87. The first-order valence-electron chi connectivity index (χ1n) is 8.58. The molecular formula is C20H23F2NO5. The number of nitrogens with two attached hydrogens (primary N) is 1. The second-order valence-electron chi connectivity index (χ2n) is 5.84. The Bertz CT molecular complexity index is 799. The molecule has 2 rings (SSSR count). The van der Waals surface area contributed by atoms with Crippen LogP contribution >= 0.6 is 0 Å². The first-order valence-corrected chi connectivity index (χ1v) is 8.58. The lowest BCUT2D eigenvalue weighted by Crippen LogP contribution is -2.42. The summed E-state index contributed by atoms with van der Waals surface area (Å²) in [5.41, 5.74) is 6.48. The van der Waals surface area contributed by atoms with Crippen LogP contribution in [0.1, 0.15) is 24.1 Å². The van der Waals surface area contributed by atoms with Crippen LogP contribution in [0.4, 0.5) is 8.78 Å². The number of hydrogen-bond acceptors (Lipinski definition) is 6. The summed E-state index contributed by atoms with van der Waals surface area (Å²) in [5, 5.41) is 0. The number of benzene rings is 2. The molecule has 0 saturated heterocycles. The fourth-order valence-electron chi connectivity index (χ4n) is 2.53. The van der Waals surface area contributed by atoms with Crippen LogP contribution in [0.3, 0.4) is 0 Å². The Morgan fingerprint density at radius 1 is 1.07 bits per heavy atom. The molecule has 6 nitrogen and oxygen atoms in total. The monoisotopic (exact) mass is 395 g/mol. The van der Waals surface area contributed by atoms with Crippen LogP contribution < -0.4 is 19.9 Å². The molecule has 2 aromatic carbocycles. The van der Waals surface area contributed by atoms with Crippen molar-refractivity contribution in [2.45, 2.75) is 25.5 Å². The summed E-state index contributed by atoms with van der Waals surface area (Å²) >= 11 is 0. The Morgan fingerprint density at radius 3 is 2.25 bits per heavy atom. The molecule has 1 atom stereocenters. The van der Waals surface area contributed by atoms with Gasteiger partial charge < -0.3 is 24.7 Å². The molecule has 0 radical (unpaired) electrons. The molecule has 0 aliphatic carbocycles. The van der Waals surface area contributed by atoms with E-state index >= 15 is 0 Å². The maximum atomic E-state index is 14.5. The van der Waals surface area contributed by atoms with Crippen molar-refractivity contribution in [2.24, 2.45) is 5.73 Å². The van der Waals surface area contributed by atoms with Crippen molar-refractivity contribution in [2.75, 3.05) is 20.8 Å². The highest BCUT2D eigenvalue weighted by atomic mass is 19.3. The van der Waals surface area contributed by atoms with Crippen LogP contribution in [-0.4, -0.2) is 32.7 Å². The van der Waals surface area contributed by atoms with Gasteiger partial charge in [-0.25, -0.2) is 4.79 Å². The molecule has 2 aromatic rings. The van der Waals surface area contributed by atoms with Crippen LogP contribution in [0.25, 0.3) is 0 Å². The predicted molar refractivity (Wildman–Crippen MR) is 98.8 cm³/mol. The van der Waals surface area contributed by atoms with Crippen LogP contribution in [0.2, 0.25) is 0 Å². The number of carbonyl (C=O) groups excluding carboxylic acids is 1. The van der Waals surface area contributed by atoms with Gasteiger partial charge in [-0.3, -0.25) is 0 Å². The molecule has 0 fully saturated rings. The highest BCUT2D eigenvalue weighted by molar-refractivity contribution is 5.79. The normalized spacial score (nSPS) is 12.2. The molecule has 0 aromatic heterocycles. The fraction of sp³-hybridized carbons (Fsp3) is 0.350. The second kappa shape index (κ2) is 9.36. The number of methoxy groups -OCH3 is 2. The van der Waals surface area contributed by atoms with Crippen molar-refractivity contribution in [1.29, 1.82) is 0 Å². The summed E-state index contributed by atoms with van der Waals surface area (Å²) in [6, 6.07) is 9.83. The molecule has 0 aliphatic heterocycles. The van der Waals surface area contributed by atoms with Crippen LogP contribution in [0, 0.1) is 0 Å². The first-order chi connectivity index (χ1) is 13.3. The summed E-state index contributed by atoms with van der Waals surface area (Å²) in [6.07, 6.45) is 0. The number of esters is 1. The van der Waals surface area contributed by atoms with E-state index in [0.29, 0.717) is 0 Å². The van der Waals surface area contributed by atoms with Gasteiger partial charge in [-0.2, -0.15) is 8.78 Å². The number of carbonyl (C=O) groups is 1. The van der Waals surface area contributed by atoms with Crippen molar-refractivity contribution < 1.29 is 32.5 Å². The van der Waals surface area contributed by atoms with Crippen molar-refractivity contribution >= 4 is 5.97 Å². The molecule has 0 saturated carbocycles. The van der Waals surface area contributed by atoms with Crippen LogP contribution in [0.5, 0.6) is 17.2 Å². The van der Waals surface area contributed by atoms with Gasteiger partial charge in [0.2, 0.25) is 0 Å². The topological polar surface area (TPSA) is 80.0 Å². The van der Waals surface area contributed by atoms with E-state index in [9.17, 15) is 13.6 Å². The molecule has 0 heterocycles. The Labute approximate surface area is 162 Å². The smallest absolute Gasteiger partial charge is 0.379 e. The average Bonchev–Trinajstić information content (AvgIpc) is 2.71. The molecule has 0 aliphatic rings. The molecule has 0 amide bonds. The van der Waals surface area contributed by atoms with Gasteiger partial charge >= 0.3 is 11.9 Å². The summed E-state index contributed by atoms with van der Waals surface area (Å²) in [7, 11) is 2.77. The molecule has 28 heavy (non-hydrogen) atoms. The van der Waals surface area contributed by atoms with Crippen molar-refractivity contribution in [1.82, 2.24) is 0 Å². The highest BCUT2D eigenvalue weighted by Gasteiger charge is 2.49. The maximum absolute atomic E-state index is 14.5. The lowest BCUT2D eigenvalue weighted by molar-refractivity contribution is -0.174. The fourth-order valence-corrected chi connectivity index (χ4v) is 2.53. The van der Waals surface area contributed by atoms with Crippen molar-refractivity contribution in [3.05, 3.63) is 53.6 Å². The lowest BCUT2D eigenvalue weighted by Gasteiger charge is -2.25. The zero-order valence-corrected chi connectivity index (χ0v) is 15.9. The van der Waals surface area contributed by atoms with Gasteiger partial charge in [0, 0.05) is 11.6 Å². The number of alkyl halides is 2. The quantitative estimate of drug-likeness (QED) is 0.655. The molecule has 0 bridgehead atoms. The standard InChI is InChI=1S/C20H23F2NO5/c1-4-27-19(24)20(21,22)18(23)14-10-16(25-2)17(26-3)11-15(14)28-12-13-8-6-5-7-9-13/h5-11,18H,4,12,23H2,1-3H3/t18-/m0/s1. The number of hydrogen-bond donors (Lipinski definition) is 1. The third-order valence-corrected chi connectivity index (χ3v) is 4.03. The van der Waals surface area contributed by atoms with Gasteiger partial charge in [-0.15, -0.1) is 0 Å². The Kier molecular flexibility index (Phi) is 7.17. The Balaban J connectivity index is 2.43. The third kappa shape index (κ3) is 4.69. The number of ether oxygens (including phenoxy) is 4. The molecule has 0 unspecified atom stereocenters. The maximum Gasteiger partial charge on any atom is 0.379 e. The second-order valence-corrected chi connectivity index (χ2v) is 5.84. The number of halogens is 2. The largest absolute Gasteiger partial charge is 0.493 e. The molecule has 0 spiro atoms. The van der Waals surface area contributed by atoms with E-state index in [1.54, 1.807) is 0 Å². The van der Waals surface area contributed by atoms with E-state index in [-0.39, 0.29) is 36.0 Å². The van der Waals surface area contributed by atoms with Gasteiger partial charge in [0.15, 0.2) is 11.5 Å². The van der Waals surface area contributed by atoms with Gasteiger partial charge in [0.25, 0.3) is 0 Å². The highest BCUT2D eigenvalue weighted by Crippen LogP contribution is 2.42. The van der Waals surface area contributed by atoms with Gasteiger partial charge in [0.05, 0.1) is 20.8 Å². The zero-order valence-electron chi connectivity index (χ0n) is 15.9. The van der Waals surface area contributed by atoms with E-state index in [4.69, 9.17) is 19.9 Å². The van der Waals surface area contributed by atoms with Crippen molar-refractivity contribution in [3.63, 3.8) is 0 Å². The molecular weight excluding hydrogens is 372 g/mol. The first kappa shape index (κ1) is 21.4. The Morgan fingerprint density at radius 2 is 1.68 bits per heavy atom. The minimum Gasteiger partial charge on any atom is -0.493 e. The van der Waals surface area contributed by atoms with E-state index in [0.717, 1.165) is 5.56 Å². The molecule has 152 valence electrons. The summed E-state index contributed by atoms with van der Waals surface area (Å²) in [6.45, 7) is 1.36. The molecule has 2 N–H and O–H groups in total. The zero-order chi connectivity index (χ0) is 20.7. The predicted octanol–water partition coefficient (Wildman–Crippen LogP) is 3.48. The van der Waals surface area contributed by atoms with E-state index in [2.05, 4.69) is 4.74 Å². The minimum atomic E-state index is -3.96. The van der Waals surface area contributed by atoms with E-state index in [1.165, 1.54) is 33.3 Å². The average molecular weight is 395 g/mol. The molecule has 8 heteroatoms. The summed E-state index contributed by atoms with van der Waals surface area (Å²) < 4.78 is 49.6. The number of rotatable bonds is 9. The van der Waals surface area contributed by atoms with Crippen LogP contribution in [-0.2, 0) is 16.1 Å². The van der Waals surface area contributed by atoms with E-state index < -0.39 is 17.9 Å². The van der Waals surface area contributed by atoms with Crippen LogP contribution in [0.15, 0.2) is 42.5 Å². The minimum absolute atomic E-state index is 0.0537. The summed E-state index contributed by atoms with van der Waals surface area (Å²) in [5.74, 6) is -5.15. The lowest BCUT2D eigenvalue weighted by atomic mass is 9.99. The van der Waals surface area contributed by atoms with Gasteiger partial charge in [-0.05, 0) is 18.6 Å². The SMILES string of the molecule is CCOC(=O)C(F)(F)[C@@H](N)c1cc(OC)c(OC)cc1OCc1ccccc1. The summed E-state index contributed by atoms with van der Waals surface area (Å²) in [4.78, 5) is 11.7. The van der Waals surface area contributed by atoms with E-state index in [1.807, 2.05) is 30.3 Å². The third-order valence-electron chi connectivity index (χ3n) is 4.03. The van der Waals surface area contributed by atoms with Gasteiger partial charge in [-0.1, -0.05) is 30.3 Å². The van der Waals surface area contributed by atoms with Gasteiger partial charge in [0.1, 0.15) is 18.4 Å².